The maximum absolute atomic E-state index is 6.52. The summed E-state index contributed by atoms with van der Waals surface area (Å²) >= 11 is -1.09. The molecule has 0 saturated carbocycles. The van der Waals surface area contributed by atoms with Gasteiger partial charge in [-0.25, -0.2) is 0 Å². The van der Waals surface area contributed by atoms with Crippen molar-refractivity contribution in [2.75, 3.05) is 6.61 Å². The van der Waals surface area contributed by atoms with E-state index in [9.17, 15) is 0 Å². The molecule has 0 amide bonds. The van der Waals surface area contributed by atoms with Crippen molar-refractivity contribution in [1.29, 1.82) is 0 Å². The molecule has 156 valence electrons. The minimum absolute atomic E-state index is 0.0691. The van der Waals surface area contributed by atoms with E-state index in [1.807, 2.05) is 0 Å². The molecule has 26 heavy (non-hydrogen) atoms. The second-order valence-corrected chi connectivity index (χ2v) is 10.6. The second-order valence-electron chi connectivity index (χ2n) is 7.93. The number of hydrogen-bond acceptors (Lipinski definition) is 2. The van der Waals surface area contributed by atoms with Crippen LogP contribution in [0.25, 0.3) is 0 Å². The monoisotopic (exact) mass is 384 g/mol. The summed E-state index contributed by atoms with van der Waals surface area (Å²) in [5.41, 5.74) is 0. The Bertz CT molecular complexity index is 249. The molecular formula is C23H49AlO2. The largest absolute Gasteiger partial charge is 0.478 e. The zero-order valence-electron chi connectivity index (χ0n) is 18.7. The molecule has 0 N–H and O–H groups in total. The summed E-state index contributed by atoms with van der Waals surface area (Å²) in [5, 5.41) is 2.70. The lowest BCUT2D eigenvalue weighted by Crippen LogP contribution is -2.28. The molecule has 0 aliphatic carbocycles. The summed E-state index contributed by atoms with van der Waals surface area (Å²) < 4.78 is 12.6. The summed E-state index contributed by atoms with van der Waals surface area (Å²) in [6.45, 7) is 9.96. The first-order valence-corrected chi connectivity index (χ1v) is 14.2. The van der Waals surface area contributed by atoms with Crippen LogP contribution in [0, 0.1) is 0 Å². The topological polar surface area (TPSA) is 18.5 Å². The van der Waals surface area contributed by atoms with Gasteiger partial charge < -0.3 is 8.53 Å². The first-order chi connectivity index (χ1) is 12.8. The van der Waals surface area contributed by atoms with Gasteiger partial charge in [0.1, 0.15) is 6.29 Å². The van der Waals surface area contributed by atoms with Crippen molar-refractivity contribution in [3.63, 3.8) is 0 Å². The normalized spacial score (nSPS) is 12.5. The maximum atomic E-state index is 6.52. The molecule has 0 aromatic carbocycles. The van der Waals surface area contributed by atoms with E-state index in [1.165, 1.54) is 100 Å². The van der Waals surface area contributed by atoms with E-state index in [0.29, 0.717) is 0 Å². The van der Waals surface area contributed by atoms with Crippen molar-refractivity contribution in [1.82, 2.24) is 0 Å². The minimum atomic E-state index is -1.09. The lowest BCUT2D eigenvalue weighted by atomic mass is 10.1. The Balaban J connectivity index is 4.03. The molecule has 1 unspecified atom stereocenters. The fourth-order valence-corrected chi connectivity index (χ4v) is 6.19. The van der Waals surface area contributed by atoms with Gasteiger partial charge >= 0.3 is 14.5 Å². The summed E-state index contributed by atoms with van der Waals surface area (Å²) in [7, 11) is 0. The Morgan fingerprint density at radius 2 is 1.04 bits per heavy atom. The number of unbranched alkanes of at least 4 members (excludes halogenated alkanes) is 11. The second kappa shape index (κ2) is 21.7. The molecule has 0 bridgehead atoms. The Morgan fingerprint density at radius 3 is 1.54 bits per heavy atom. The van der Waals surface area contributed by atoms with Crippen LogP contribution >= 0.6 is 0 Å². The highest BCUT2D eigenvalue weighted by molar-refractivity contribution is 6.51. The van der Waals surface area contributed by atoms with Crippen molar-refractivity contribution >= 4 is 14.5 Å². The number of rotatable bonds is 21. The highest BCUT2D eigenvalue weighted by Gasteiger charge is 2.23. The summed E-state index contributed by atoms with van der Waals surface area (Å²) in [6.07, 6.45) is 19.9. The van der Waals surface area contributed by atoms with E-state index in [-0.39, 0.29) is 6.29 Å². The van der Waals surface area contributed by atoms with E-state index in [1.54, 1.807) is 0 Å². The van der Waals surface area contributed by atoms with Gasteiger partial charge in [0.05, 0.1) is 0 Å². The van der Waals surface area contributed by atoms with E-state index in [0.717, 1.165) is 13.0 Å². The van der Waals surface area contributed by atoms with E-state index in [2.05, 4.69) is 27.7 Å². The lowest BCUT2D eigenvalue weighted by Gasteiger charge is -2.22. The molecular weight excluding hydrogens is 335 g/mol. The van der Waals surface area contributed by atoms with Gasteiger partial charge in [-0.05, 0) is 12.8 Å². The standard InChI is InChI=1S/C11H23O2.2C6H13.Al/c1-3-5-6-7-8-9-10-13-11(12)4-2;2*1-3-5-6-4-2;/h11H,3-10H2,1-2H3;2*1,3-6H2,2H3;/q-1;;;+1. The molecule has 2 nitrogen and oxygen atoms in total. The third-order valence-electron chi connectivity index (χ3n) is 5.24. The van der Waals surface area contributed by atoms with Crippen LogP contribution in [-0.2, 0) is 8.53 Å². The van der Waals surface area contributed by atoms with E-state index in [4.69, 9.17) is 8.53 Å². The van der Waals surface area contributed by atoms with Gasteiger partial charge in [-0.3, -0.25) is 0 Å². The van der Waals surface area contributed by atoms with Gasteiger partial charge in [0.2, 0.25) is 0 Å². The molecule has 3 heteroatoms. The number of hydrogen-bond donors (Lipinski definition) is 0. The van der Waals surface area contributed by atoms with Gasteiger partial charge in [-0.1, -0.05) is 122 Å². The average Bonchev–Trinajstić information content (AvgIpc) is 2.66. The zero-order chi connectivity index (χ0) is 19.3. The molecule has 0 spiro atoms. The third-order valence-corrected chi connectivity index (χ3v) is 8.03. The van der Waals surface area contributed by atoms with Crippen LogP contribution in [0.15, 0.2) is 0 Å². The van der Waals surface area contributed by atoms with Gasteiger partial charge in [0.15, 0.2) is 0 Å². The first kappa shape index (κ1) is 26.5. The molecule has 0 heterocycles. The highest BCUT2D eigenvalue weighted by atomic mass is 27.2. The van der Waals surface area contributed by atoms with Crippen molar-refractivity contribution in [2.24, 2.45) is 0 Å². The Kier molecular flexibility index (Phi) is 22.1. The van der Waals surface area contributed by atoms with Crippen molar-refractivity contribution in [3.8, 4) is 0 Å². The summed E-state index contributed by atoms with van der Waals surface area (Å²) in [6, 6.07) is 0. The molecule has 0 aliphatic rings. The molecule has 0 aromatic heterocycles. The smallest absolute Gasteiger partial charge is 0.462 e. The fraction of sp³-hybridized carbons (Fsp3) is 1.00. The molecule has 0 radical (unpaired) electrons. The average molecular weight is 385 g/mol. The van der Waals surface area contributed by atoms with Crippen LogP contribution in [0.5, 0.6) is 0 Å². The predicted octanol–water partition coefficient (Wildman–Crippen LogP) is 8.27. The van der Waals surface area contributed by atoms with Crippen LogP contribution < -0.4 is 0 Å². The summed E-state index contributed by atoms with van der Waals surface area (Å²) in [5.74, 6) is 0. The van der Waals surface area contributed by atoms with Crippen LogP contribution in [-0.4, -0.2) is 27.4 Å². The van der Waals surface area contributed by atoms with Gasteiger partial charge in [0, 0.05) is 6.61 Å². The van der Waals surface area contributed by atoms with E-state index >= 15 is 0 Å². The maximum Gasteiger partial charge on any atom is 0.462 e. The SMILES string of the molecule is CCCCCCCCOC(CC)[O][Al]([CH2]CCCCC)[CH2]CCCCC. The fourth-order valence-electron chi connectivity index (χ4n) is 3.44. The number of ether oxygens (including phenoxy) is 1. The molecule has 0 rings (SSSR count). The van der Waals surface area contributed by atoms with Crippen LogP contribution in [0.4, 0.5) is 0 Å². The molecule has 0 aromatic rings. The van der Waals surface area contributed by atoms with Crippen LogP contribution in [0.2, 0.25) is 10.6 Å². The Morgan fingerprint density at radius 1 is 0.577 bits per heavy atom. The molecule has 0 fully saturated rings. The summed E-state index contributed by atoms with van der Waals surface area (Å²) in [4.78, 5) is 0. The van der Waals surface area contributed by atoms with Crippen LogP contribution in [0.3, 0.4) is 0 Å². The predicted molar refractivity (Wildman–Crippen MR) is 118 cm³/mol. The van der Waals surface area contributed by atoms with Crippen LogP contribution in [0.1, 0.15) is 124 Å². The van der Waals surface area contributed by atoms with E-state index < -0.39 is 14.5 Å². The quantitative estimate of drug-likeness (QED) is 0.113. The van der Waals surface area contributed by atoms with Crippen molar-refractivity contribution < 1.29 is 8.53 Å². The molecule has 0 aliphatic heterocycles. The van der Waals surface area contributed by atoms with Gasteiger partial charge in [-0.2, -0.15) is 0 Å². The highest BCUT2D eigenvalue weighted by Crippen LogP contribution is 2.17. The Labute approximate surface area is 170 Å². The molecule has 0 saturated heterocycles. The Hall–Kier alpha value is 0.452. The minimum Gasteiger partial charge on any atom is -0.478 e. The first-order valence-electron chi connectivity index (χ1n) is 12.0. The van der Waals surface area contributed by atoms with Gasteiger partial charge in [0.25, 0.3) is 0 Å². The van der Waals surface area contributed by atoms with Gasteiger partial charge in [-0.15, -0.1) is 0 Å². The lowest BCUT2D eigenvalue weighted by molar-refractivity contribution is -0.0858. The molecule has 1 atom stereocenters. The van der Waals surface area contributed by atoms with Crippen molar-refractivity contribution in [3.05, 3.63) is 0 Å². The zero-order valence-corrected chi connectivity index (χ0v) is 19.9. The van der Waals surface area contributed by atoms with Crippen molar-refractivity contribution in [2.45, 2.75) is 141 Å². The third kappa shape index (κ3) is 17.8.